The number of aryl methyl sites for hydroxylation is 1. The lowest BCUT2D eigenvalue weighted by Gasteiger charge is -2.02. The first-order valence-electron chi connectivity index (χ1n) is 5.80. The predicted octanol–water partition coefficient (Wildman–Crippen LogP) is 3.44. The van der Waals surface area contributed by atoms with Crippen molar-refractivity contribution in [2.24, 2.45) is 0 Å². The average molecular weight is 230 g/mol. The van der Waals surface area contributed by atoms with Crippen molar-refractivity contribution in [3.8, 4) is 5.75 Å². The Balaban J connectivity index is 2.36. The predicted molar refractivity (Wildman–Crippen MR) is 64.9 cm³/mol. The number of carbonyl (C=O) groups is 1. The number of hydrogen-bond acceptors (Lipinski definition) is 3. The fourth-order valence-electron chi connectivity index (χ4n) is 2.38. The first-order valence-corrected chi connectivity index (χ1v) is 5.80. The van der Waals surface area contributed by atoms with Gasteiger partial charge in [-0.1, -0.05) is 0 Å². The van der Waals surface area contributed by atoms with Gasteiger partial charge in [0.15, 0.2) is 23.4 Å². The van der Waals surface area contributed by atoms with Gasteiger partial charge >= 0.3 is 0 Å². The fourth-order valence-corrected chi connectivity index (χ4v) is 2.38. The summed E-state index contributed by atoms with van der Waals surface area (Å²) in [6.45, 7) is 2.02. The molecule has 1 aromatic carbocycles. The summed E-state index contributed by atoms with van der Waals surface area (Å²) in [5.41, 5.74) is 2.88. The molecule has 1 aromatic heterocycles. The van der Waals surface area contributed by atoms with Crippen LogP contribution in [0.3, 0.4) is 0 Å². The van der Waals surface area contributed by atoms with Gasteiger partial charge in [0.2, 0.25) is 0 Å². The normalized spacial score (nSPS) is 15.2. The van der Waals surface area contributed by atoms with Crippen molar-refractivity contribution in [3.63, 3.8) is 0 Å². The van der Waals surface area contributed by atoms with Crippen LogP contribution in [0.2, 0.25) is 0 Å². The highest BCUT2D eigenvalue weighted by Crippen LogP contribution is 2.47. The van der Waals surface area contributed by atoms with Crippen LogP contribution in [0.4, 0.5) is 0 Å². The number of aldehydes is 1. The summed E-state index contributed by atoms with van der Waals surface area (Å²) >= 11 is 0. The third kappa shape index (κ3) is 1.54. The van der Waals surface area contributed by atoms with Crippen LogP contribution in [0.5, 0.6) is 5.75 Å². The second-order valence-electron chi connectivity index (χ2n) is 4.62. The number of furan rings is 1. The Morgan fingerprint density at radius 1 is 1.41 bits per heavy atom. The Kier molecular flexibility index (Phi) is 2.21. The molecular weight excluding hydrogens is 216 g/mol. The van der Waals surface area contributed by atoms with E-state index < -0.39 is 0 Å². The van der Waals surface area contributed by atoms with Crippen molar-refractivity contribution >= 4 is 17.3 Å². The van der Waals surface area contributed by atoms with Crippen LogP contribution >= 0.6 is 0 Å². The maximum Gasteiger partial charge on any atom is 0.185 e. The minimum Gasteiger partial charge on any atom is -0.493 e. The zero-order valence-corrected chi connectivity index (χ0v) is 9.95. The molecular formula is C14H14O3. The monoisotopic (exact) mass is 230 g/mol. The Bertz CT molecular complexity index is 591. The molecule has 0 saturated heterocycles. The molecule has 1 saturated carbocycles. The molecule has 88 valence electrons. The maximum absolute atomic E-state index is 11.1. The van der Waals surface area contributed by atoms with Crippen molar-refractivity contribution in [1.29, 1.82) is 0 Å². The molecule has 0 radical (unpaired) electrons. The van der Waals surface area contributed by atoms with E-state index in [4.69, 9.17) is 9.15 Å². The van der Waals surface area contributed by atoms with Crippen LogP contribution < -0.4 is 4.74 Å². The molecule has 0 bridgehead atoms. The van der Waals surface area contributed by atoms with Gasteiger partial charge in [0.25, 0.3) is 0 Å². The van der Waals surface area contributed by atoms with E-state index in [-0.39, 0.29) is 0 Å². The molecule has 3 heteroatoms. The standard InChI is InChI=1S/C14H14O3/c1-8-5-10-13(9-3-4-9)12(7-15)17-14(10)11(6-8)16-2/h5-7,9H,3-4H2,1-2H3. The van der Waals surface area contributed by atoms with Gasteiger partial charge in [-0.25, -0.2) is 0 Å². The van der Waals surface area contributed by atoms with Crippen LogP contribution in [-0.4, -0.2) is 13.4 Å². The summed E-state index contributed by atoms with van der Waals surface area (Å²) in [5, 5.41) is 1.03. The third-order valence-corrected chi connectivity index (χ3v) is 3.28. The zero-order chi connectivity index (χ0) is 12.0. The van der Waals surface area contributed by atoms with Gasteiger partial charge in [0, 0.05) is 10.9 Å². The molecule has 0 N–H and O–H groups in total. The minimum absolute atomic E-state index is 0.464. The van der Waals surface area contributed by atoms with Crippen LogP contribution in [-0.2, 0) is 0 Å². The fraction of sp³-hybridized carbons (Fsp3) is 0.357. The Morgan fingerprint density at radius 3 is 2.76 bits per heavy atom. The van der Waals surface area contributed by atoms with E-state index in [9.17, 15) is 4.79 Å². The van der Waals surface area contributed by atoms with Gasteiger partial charge in [0.1, 0.15) is 0 Å². The summed E-state index contributed by atoms with van der Waals surface area (Å²) < 4.78 is 10.9. The molecule has 0 aliphatic heterocycles. The van der Waals surface area contributed by atoms with E-state index in [1.54, 1.807) is 7.11 Å². The topological polar surface area (TPSA) is 39.4 Å². The smallest absolute Gasteiger partial charge is 0.185 e. The highest BCUT2D eigenvalue weighted by Gasteiger charge is 2.31. The molecule has 17 heavy (non-hydrogen) atoms. The van der Waals surface area contributed by atoms with Crippen molar-refractivity contribution in [3.05, 3.63) is 29.0 Å². The van der Waals surface area contributed by atoms with E-state index in [1.807, 2.05) is 13.0 Å². The zero-order valence-electron chi connectivity index (χ0n) is 9.95. The third-order valence-electron chi connectivity index (χ3n) is 3.28. The van der Waals surface area contributed by atoms with E-state index in [1.165, 1.54) is 0 Å². The Hall–Kier alpha value is -1.77. The van der Waals surface area contributed by atoms with Gasteiger partial charge in [-0.05, 0) is 43.4 Å². The number of ether oxygens (including phenoxy) is 1. The van der Waals surface area contributed by atoms with Gasteiger partial charge in [0.05, 0.1) is 7.11 Å². The van der Waals surface area contributed by atoms with Crippen LogP contribution in [0.25, 0.3) is 11.0 Å². The number of methoxy groups -OCH3 is 1. The Labute approximate surface area is 99.4 Å². The molecule has 1 aliphatic carbocycles. The molecule has 3 rings (SSSR count). The second kappa shape index (κ2) is 3.62. The van der Waals surface area contributed by atoms with Crippen molar-refractivity contribution in [2.45, 2.75) is 25.7 Å². The van der Waals surface area contributed by atoms with Crippen LogP contribution in [0.1, 0.15) is 40.4 Å². The maximum atomic E-state index is 11.1. The van der Waals surface area contributed by atoms with Crippen molar-refractivity contribution in [1.82, 2.24) is 0 Å². The van der Waals surface area contributed by atoms with E-state index in [0.717, 1.165) is 35.6 Å². The number of benzene rings is 1. The molecule has 0 spiro atoms. The molecule has 0 amide bonds. The SMILES string of the molecule is COc1cc(C)cc2c(C3CC3)c(C=O)oc12. The summed E-state index contributed by atoms with van der Waals surface area (Å²) in [6, 6.07) is 4.00. The molecule has 1 heterocycles. The first kappa shape index (κ1) is 10.4. The number of fused-ring (bicyclic) bond motifs is 1. The quantitative estimate of drug-likeness (QED) is 0.758. The molecule has 1 fully saturated rings. The number of carbonyl (C=O) groups excluding carboxylic acids is 1. The molecule has 2 aromatic rings. The molecule has 0 unspecified atom stereocenters. The molecule has 1 aliphatic rings. The summed E-state index contributed by atoms with van der Waals surface area (Å²) in [5.74, 6) is 1.66. The van der Waals surface area contributed by atoms with Gasteiger partial charge in [-0.2, -0.15) is 0 Å². The first-order chi connectivity index (χ1) is 8.24. The average Bonchev–Trinajstić information content (AvgIpc) is 3.09. The highest BCUT2D eigenvalue weighted by molar-refractivity contribution is 5.94. The van der Waals surface area contributed by atoms with E-state index >= 15 is 0 Å². The van der Waals surface area contributed by atoms with Gasteiger partial charge in [-0.3, -0.25) is 4.79 Å². The summed E-state index contributed by atoms with van der Waals surface area (Å²) in [4.78, 5) is 11.1. The molecule has 0 atom stereocenters. The van der Waals surface area contributed by atoms with Crippen molar-refractivity contribution in [2.75, 3.05) is 7.11 Å². The largest absolute Gasteiger partial charge is 0.493 e. The van der Waals surface area contributed by atoms with Crippen LogP contribution in [0, 0.1) is 6.92 Å². The van der Waals surface area contributed by atoms with Crippen LogP contribution in [0.15, 0.2) is 16.5 Å². The summed E-state index contributed by atoms with van der Waals surface area (Å²) in [7, 11) is 1.62. The van der Waals surface area contributed by atoms with Gasteiger partial charge < -0.3 is 9.15 Å². The molecule has 3 nitrogen and oxygen atoms in total. The second-order valence-corrected chi connectivity index (χ2v) is 4.62. The lowest BCUT2D eigenvalue weighted by atomic mass is 10.0. The Morgan fingerprint density at radius 2 is 2.18 bits per heavy atom. The number of rotatable bonds is 3. The van der Waals surface area contributed by atoms with Crippen molar-refractivity contribution < 1.29 is 13.9 Å². The lowest BCUT2D eigenvalue weighted by Crippen LogP contribution is -1.86. The highest BCUT2D eigenvalue weighted by atomic mass is 16.5. The van der Waals surface area contributed by atoms with Gasteiger partial charge in [-0.15, -0.1) is 0 Å². The minimum atomic E-state index is 0.464. The van der Waals surface area contributed by atoms with E-state index in [2.05, 4.69) is 6.07 Å². The number of hydrogen-bond donors (Lipinski definition) is 0. The summed E-state index contributed by atoms with van der Waals surface area (Å²) in [6.07, 6.45) is 3.10. The van der Waals surface area contributed by atoms with E-state index in [0.29, 0.717) is 23.0 Å². The lowest BCUT2D eigenvalue weighted by molar-refractivity contribution is 0.110.